The fourth-order valence-corrected chi connectivity index (χ4v) is 14.8. The van der Waals surface area contributed by atoms with E-state index in [0.717, 1.165) is 75.5 Å². The Kier molecular flexibility index (Phi) is 9.04. The SMILES string of the molecule is CS(=O)C1CCN(CCNC23CCC[C@@H]2C2CCC4C(C)(CCC5C(C)(C)C(C6=CCC(C(=O)O)CC6)=CCC54C)C2CC3)CC1. The fourth-order valence-electron chi connectivity index (χ4n) is 13.9. The average molecular weight is 653 g/mol. The van der Waals surface area contributed by atoms with Crippen molar-refractivity contribution in [2.24, 2.45) is 51.8 Å². The average Bonchev–Trinajstić information content (AvgIpc) is 3.45. The predicted molar refractivity (Wildman–Crippen MR) is 189 cm³/mol. The van der Waals surface area contributed by atoms with Crippen LogP contribution >= 0.6 is 0 Å². The summed E-state index contributed by atoms with van der Waals surface area (Å²) in [6, 6.07) is 0. The molecule has 4 saturated carbocycles. The van der Waals surface area contributed by atoms with E-state index < -0.39 is 16.8 Å². The lowest BCUT2D eigenvalue weighted by Crippen LogP contribution is -2.64. The van der Waals surface area contributed by atoms with Gasteiger partial charge in [0.2, 0.25) is 0 Å². The molecule has 10 atom stereocenters. The Hall–Kier alpha value is -0.980. The number of carboxylic acids is 1. The minimum absolute atomic E-state index is 0.146. The Morgan fingerprint density at radius 2 is 1.70 bits per heavy atom. The number of carboxylic acid groups (broad SMARTS) is 1. The van der Waals surface area contributed by atoms with E-state index in [0.29, 0.717) is 34.0 Å². The highest BCUT2D eigenvalue weighted by Crippen LogP contribution is 2.72. The summed E-state index contributed by atoms with van der Waals surface area (Å²) in [7, 11) is -0.670. The van der Waals surface area contributed by atoms with Crippen LogP contribution in [0.1, 0.15) is 124 Å². The molecule has 7 aliphatic rings. The van der Waals surface area contributed by atoms with E-state index in [1.807, 2.05) is 6.26 Å². The molecule has 1 aliphatic heterocycles. The summed E-state index contributed by atoms with van der Waals surface area (Å²) in [5.74, 6) is 3.29. The van der Waals surface area contributed by atoms with Gasteiger partial charge in [-0.3, -0.25) is 9.00 Å². The number of nitrogens with one attached hydrogen (secondary N) is 1. The van der Waals surface area contributed by atoms with Gasteiger partial charge in [0, 0.05) is 40.9 Å². The van der Waals surface area contributed by atoms with Gasteiger partial charge in [-0.15, -0.1) is 0 Å². The second kappa shape index (κ2) is 12.4. The largest absolute Gasteiger partial charge is 0.481 e. The number of rotatable bonds is 7. The first-order chi connectivity index (χ1) is 21.9. The molecule has 0 bridgehead atoms. The summed E-state index contributed by atoms with van der Waals surface area (Å²) in [5, 5.41) is 14.2. The number of allylic oxidation sites excluding steroid dienone is 4. The summed E-state index contributed by atoms with van der Waals surface area (Å²) in [4.78, 5) is 14.2. The van der Waals surface area contributed by atoms with Crippen LogP contribution in [0.3, 0.4) is 0 Å². The molecule has 6 aliphatic carbocycles. The van der Waals surface area contributed by atoms with Crippen molar-refractivity contribution in [1.82, 2.24) is 10.2 Å². The summed E-state index contributed by atoms with van der Waals surface area (Å²) in [6.45, 7) is 15.0. The van der Waals surface area contributed by atoms with Gasteiger partial charge in [0.1, 0.15) is 0 Å². The van der Waals surface area contributed by atoms with Gasteiger partial charge in [0.05, 0.1) is 5.92 Å². The van der Waals surface area contributed by atoms with Gasteiger partial charge in [0.15, 0.2) is 0 Å². The normalized spacial score (nSPS) is 45.0. The molecule has 5 nitrogen and oxygen atoms in total. The van der Waals surface area contributed by atoms with E-state index in [1.54, 1.807) is 5.57 Å². The van der Waals surface area contributed by atoms with E-state index in [2.05, 4.69) is 50.1 Å². The number of fused-ring (bicyclic) bond motifs is 7. The molecule has 2 N–H and O–H groups in total. The molecule has 0 aromatic heterocycles. The first kappa shape index (κ1) is 33.5. The third-order valence-electron chi connectivity index (χ3n) is 16.1. The topological polar surface area (TPSA) is 69.6 Å². The summed E-state index contributed by atoms with van der Waals surface area (Å²) in [5.41, 5.74) is 4.33. The summed E-state index contributed by atoms with van der Waals surface area (Å²) < 4.78 is 12.0. The van der Waals surface area contributed by atoms with E-state index >= 15 is 0 Å². The number of aliphatic carboxylic acids is 1. The molecule has 0 amide bonds. The van der Waals surface area contributed by atoms with Crippen molar-refractivity contribution >= 4 is 16.8 Å². The van der Waals surface area contributed by atoms with E-state index in [-0.39, 0.29) is 11.3 Å². The zero-order chi connectivity index (χ0) is 32.5. The van der Waals surface area contributed by atoms with Crippen molar-refractivity contribution in [3.05, 3.63) is 23.3 Å². The van der Waals surface area contributed by atoms with Crippen LogP contribution in [0, 0.1) is 51.8 Å². The molecule has 1 saturated heterocycles. The Morgan fingerprint density at radius 3 is 2.39 bits per heavy atom. The molecule has 258 valence electrons. The maximum absolute atomic E-state index is 12.0. The van der Waals surface area contributed by atoms with Gasteiger partial charge < -0.3 is 15.3 Å². The van der Waals surface area contributed by atoms with Crippen molar-refractivity contribution in [2.75, 3.05) is 32.4 Å². The minimum Gasteiger partial charge on any atom is -0.481 e. The molecule has 0 aromatic carbocycles. The number of piperidine rings is 1. The van der Waals surface area contributed by atoms with Crippen LogP contribution in [0.4, 0.5) is 0 Å². The number of hydrogen-bond acceptors (Lipinski definition) is 4. The second-order valence-electron chi connectivity index (χ2n) is 18.2. The molecule has 0 aromatic rings. The van der Waals surface area contributed by atoms with E-state index in [9.17, 15) is 14.1 Å². The van der Waals surface area contributed by atoms with Crippen molar-refractivity contribution in [1.29, 1.82) is 0 Å². The molecule has 7 rings (SSSR count). The van der Waals surface area contributed by atoms with Crippen LogP contribution in [0.15, 0.2) is 23.3 Å². The number of nitrogens with zero attached hydrogens (tertiary/aromatic N) is 1. The van der Waals surface area contributed by atoms with Gasteiger partial charge in [-0.2, -0.15) is 0 Å². The summed E-state index contributed by atoms with van der Waals surface area (Å²) in [6.07, 6.45) is 25.2. The van der Waals surface area contributed by atoms with Crippen LogP contribution in [0.2, 0.25) is 0 Å². The van der Waals surface area contributed by atoms with Crippen LogP contribution < -0.4 is 5.32 Å². The van der Waals surface area contributed by atoms with E-state index in [4.69, 9.17) is 0 Å². The van der Waals surface area contributed by atoms with Crippen LogP contribution in [0.25, 0.3) is 0 Å². The lowest BCUT2D eigenvalue weighted by Gasteiger charge is -2.68. The standard InChI is InChI=1S/C40H64N2O3S/c1-37(2)31(27-8-10-28(11-9-27)36(43)44)14-20-39(4)34(37)16-21-38(3)32-15-22-40(19-6-7-33(40)30(32)12-13-35(38)39)41-23-26-42-24-17-29(18-25-42)46(5)45/h8,14,28-30,32-35,41H,6-7,9-13,15-26H2,1-5H3,(H,43,44)/t28?,30?,32?,33-,34?,35?,38?,39?,40?,46?/m1/s1. The lowest BCUT2D eigenvalue weighted by molar-refractivity contribution is -0.175. The van der Waals surface area contributed by atoms with Gasteiger partial charge in [0.25, 0.3) is 0 Å². The fraction of sp³-hybridized carbons (Fsp3) is 0.875. The molecular formula is C40H64N2O3S. The molecule has 9 unspecified atom stereocenters. The maximum atomic E-state index is 12.0. The highest BCUT2D eigenvalue weighted by Gasteiger charge is 2.65. The van der Waals surface area contributed by atoms with Gasteiger partial charge >= 0.3 is 5.97 Å². The van der Waals surface area contributed by atoms with Crippen molar-refractivity contribution in [3.8, 4) is 0 Å². The second-order valence-corrected chi connectivity index (χ2v) is 19.9. The Morgan fingerprint density at radius 1 is 0.913 bits per heavy atom. The predicted octanol–water partition coefficient (Wildman–Crippen LogP) is 7.98. The molecule has 5 fully saturated rings. The van der Waals surface area contributed by atoms with Crippen molar-refractivity contribution < 1.29 is 14.1 Å². The Balaban J connectivity index is 1.04. The highest BCUT2D eigenvalue weighted by atomic mass is 32.2. The molecule has 6 heteroatoms. The van der Waals surface area contributed by atoms with Gasteiger partial charge in [-0.25, -0.2) is 0 Å². The number of likely N-dealkylation sites (tertiary alicyclic amines) is 1. The molecule has 0 spiro atoms. The zero-order valence-corrected chi connectivity index (χ0v) is 30.6. The Bertz CT molecular complexity index is 1270. The summed E-state index contributed by atoms with van der Waals surface area (Å²) >= 11 is 0. The third kappa shape index (κ3) is 5.45. The van der Waals surface area contributed by atoms with Crippen LogP contribution in [0.5, 0.6) is 0 Å². The molecule has 46 heavy (non-hydrogen) atoms. The Labute approximate surface area is 282 Å². The van der Waals surface area contributed by atoms with Crippen molar-refractivity contribution in [3.63, 3.8) is 0 Å². The first-order valence-electron chi connectivity index (χ1n) is 19.3. The minimum atomic E-state index is -0.670. The van der Waals surface area contributed by atoms with Crippen molar-refractivity contribution in [2.45, 2.75) is 135 Å². The molecule has 1 heterocycles. The number of hydrogen-bond donors (Lipinski definition) is 2. The zero-order valence-electron chi connectivity index (χ0n) is 29.8. The number of carbonyl (C=O) groups is 1. The van der Waals surface area contributed by atoms with Gasteiger partial charge in [-0.05, 0) is 160 Å². The molecule has 0 radical (unpaired) electrons. The van der Waals surface area contributed by atoms with Gasteiger partial charge in [-0.1, -0.05) is 46.3 Å². The first-order valence-corrected chi connectivity index (χ1v) is 20.9. The monoisotopic (exact) mass is 652 g/mol. The van der Waals surface area contributed by atoms with E-state index in [1.165, 1.54) is 69.8 Å². The quantitative estimate of drug-likeness (QED) is 0.292. The smallest absolute Gasteiger partial charge is 0.306 e. The lowest BCUT2D eigenvalue weighted by atomic mass is 9.37. The van der Waals surface area contributed by atoms with Crippen LogP contribution in [-0.4, -0.2) is 63.4 Å². The third-order valence-corrected chi connectivity index (χ3v) is 17.5. The molecular weight excluding hydrogens is 589 g/mol. The highest BCUT2D eigenvalue weighted by molar-refractivity contribution is 7.84. The maximum Gasteiger partial charge on any atom is 0.306 e. The van der Waals surface area contributed by atoms with Crippen LogP contribution in [-0.2, 0) is 15.6 Å².